The summed E-state index contributed by atoms with van der Waals surface area (Å²) in [6.07, 6.45) is 7.86. The Morgan fingerprint density at radius 1 is 1.11 bits per heavy atom. The molecule has 1 aliphatic heterocycles. The Morgan fingerprint density at radius 2 is 1.94 bits per heavy atom. The van der Waals surface area contributed by atoms with E-state index in [0.29, 0.717) is 6.10 Å². The molecule has 0 radical (unpaired) electrons. The average molecular weight is 244 g/mol. The largest absolute Gasteiger partial charge is 0.370 e. The number of benzene rings is 1. The molecular formula is C16H20O2. The minimum Gasteiger partial charge on any atom is -0.370 e. The van der Waals surface area contributed by atoms with Gasteiger partial charge in [-0.2, -0.15) is 0 Å². The normalized spacial score (nSPS) is 41.2. The van der Waals surface area contributed by atoms with E-state index in [0.717, 1.165) is 6.61 Å². The van der Waals surface area contributed by atoms with Crippen LogP contribution in [0.25, 0.3) is 0 Å². The highest BCUT2D eigenvalue weighted by molar-refractivity contribution is 5.26. The van der Waals surface area contributed by atoms with Gasteiger partial charge in [0.1, 0.15) is 11.2 Å². The minimum absolute atomic E-state index is 0.111. The van der Waals surface area contributed by atoms with E-state index in [1.54, 1.807) is 0 Å². The third-order valence-electron chi connectivity index (χ3n) is 5.11. The summed E-state index contributed by atoms with van der Waals surface area (Å²) in [6, 6.07) is 10.5. The molecule has 2 aliphatic carbocycles. The lowest BCUT2D eigenvalue weighted by Crippen LogP contribution is -2.34. The second-order valence-corrected chi connectivity index (χ2v) is 6.02. The van der Waals surface area contributed by atoms with Crippen LogP contribution in [0.5, 0.6) is 0 Å². The summed E-state index contributed by atoms with van der Waals surface area (Å²) in [4.78, 5) is 0. The third-order valence-corrected chi connectivity index (χ3v) is 5.11. The fourth-order valence-corrected chi connectivity index (χ4v) is 4.16. The first kappa shape index (κ1) is 11.0. The minimum atomic E-state index is 0.111. The predicted octanol–water partition coefficient (Wildman–Crippen LogP) is 3.45. The Balaban J connectivity index is 1.45. The van der Waals surface area contributed by atoms with Crippen molar-refractivity contribution in [2.24, 2.45) is 0 Å². The summed E-state index contributed by atoms with van der Waals surface area (Å²) in [5.74, 6) is 0. The van der Waals surface area contributed by atoms with Gasteiger partial charge in [-0.05, 0) is 31.2 Å². The van der Waals surface area contributed by atoms with Gasteiger partial charge in [0.15, 0.2) is 0 Å². The molecule has 0 bridgehead atoms. The summed E-state index contributed by atoms with van der Waals surface area (Å²) in [5, 5.41) is 0. The predicted molar refractivity (Wildman–Crippen MR) is 69.3 cm³/mol. The fraction of sp³-hybridized carbons (Fsp3) is 0.625. The van der Waals surface area contributed by atoms with Gasteiger partial charge in [0.05, 0.1) is 12.7 Å². The van der Waals surface area contributed by atoms with Crippen LogP contribution in [0, 0.1) is 0 Å². The maximum absolute atomic E-state index is 6.17. The van der Waals surface area contributed by atoms with Crippen LogP contribution in [0.3, 0.4) is 0 Å². The summed E-state index contributed by atoms with van der Waals surface area (Å²) in [5.41, 5.74) is 1.61. The Bertz CT molecular complexity index is 440. The molecule has 18 heavy (non-hydrogen) atoms. The maximum Gasteiger partial charge on any atom is 0.124 e. The molecule has 3 fully saturated rings. The first-order valence-electron chi connectivity index (χ1n) is 7.20. The lowest BCUT2D eigenvalue weighted by Gasteiger charge is -2.24. The second kappa shape index (κ2) is 3.82. The molecule has 0 aromatic heterocycles. The molecule has 0 unspecified atom stereocenters. The topological polar surface area (TPSA) is 21.8 Å². The van der Waals surface area contributed by atoms with Crippen LogP contribution in [0.2, 0.25) is 0 Å². The van der Waals surface area contributed by atoms with Crippen LogP contribution in [0.1, 0.15) is 44.1 Å². The second-order valence-electron chi connectivity index (χ2n) is 6.02. The molecule has 2 nitrogen and oxygen atoms in total. The molecule has 2 heteroatoms. The first-order valence-corrected chi connectivity index (χ1v) is 7.20. The van der Waals surface area contributed by atoms with Crippen molar-refractivity contribution in [1.82, 2.24) is 0 Å². The van der Waals surface area contributed by atoms with Crippen LogP contribution in [0.15, 0.2) is 30.3 Å². The Hall–Kier alpha value is -0.860. The van der Waals surface area contributed by atoms with Crippen molar-refractivity contribution >= 4 is 0 Å². The molecule has 96 valence electrons. The van der Waals surface area contributed by atoms with Crippen LogP contribution in [-0.4, -0.2) is 17.3 Å². The number of hydrogen-bond acceptors (Lipinski definition) is 2. The van der Waals surface area contributed by atoms with Crippen LogP contribution < -0.4 is 0 Å². The Labute approximate surface area is 108 Å². The molecule has 1 heterocycles. The smallest absolute Gasteiger partial charge is 0.124 e. The van der Waals surface area contributed by atoms with Gasteiger partial charge in [0.2, 0.25) is 0 Å². The molecular weight excluding hydrogens is 224 g/mol. The van der Waals surface area contributed by atoms with E-state index in [4.69, 9.17) is 9.47 Å². The van der Waals surface area contributed by atoms with Crippen molar-refractivity contribution in [2.75, 3.05) is 0 Å². The lowest BCUT2D eigenvalue weighted by molar-refractivity contribution is -0.0209. The lowest BCUT2D eigenvalue weighted by atomic mass is 9.81. The van der Waals surface area contributed by atoms with Gasteiger partial charge in [-0.3, -0.25) is 0 Å². The van der Waals surface area contributed by atoms with Gasteiger partial charge >= 0.3 is 0 Å². The van der Waals surface area contributed by atoms with E-state index in [1.165, 1.54) is 44.1 Å². The summed E-state index contributed by atoms with van der Waals surface area (Å²) >= 11 is 0. The zero-order valence-corrected chi connectivity index (χ0v) is 10.7. The third kappa shape index (κ3) is 1.42. The molecule has 1 aromatic carbocycles. The zero-order valence-electron chi connectivity index (χ0n) is 10.7. The molecule has 1 aromatic rings. The van der Waals surface area contributed by atoms with Crippen molar-refractivity contribution in [1.29, 1.82) is 0 Å². The summed E-state index contributed by atoms with van der Waals surface area (Å²) < 4.78 is 12.3. The molecule has 0 N–H and O–H groups in total. The van der Waals surface area contributed by atoms with Crippen molar-refractivity contribution in [2.45, 2.75) is 62.4 Å². The van der Waals surface area contributed by atoms with E-state index >= 15 is 0 Å². The number of rotatable bonds is 3. The highest BCUT2D eigenvalue weighted by Crippen LogP contribution is 2.67. The van der Waals surface area contributed by atoms with E-state index in [9.17, 15) is 0 Å². The highest BCUT2D eigenvalue weighted by Gasteiger charge is 2.77. The highest BCUT2D eigenvalue weighted by atomic mass is 16.7. The van der Waals surface area contributed by atoms with Gasteiger partial charge in [-0.25, -0.2) is 0 Å². The van der Waals surface area contributed by atoms with E-state index in [1.807, 2.05) is 6.07 Å². The van der Waals surface area contributed by atoms with Crippen LogP contribution in [-0.2, 0) is 16.1 Å². The molecule has 2 saturated carbocycles. The number of hydrogen-bond donors (Lipinski definition) is 0. The SMILES string of the molecule is c1ccc(CO[C@@H]2CC[C@@]34CCCC[C@@]23O4)cc1. The van der Waals surface area contributed by atoms with Crippen molar-refractivity contribution in [3.8, 4) is 0 Å². The van der Waals surface area contributed by atoms with Crippen molar-refractivity contribution < 1.29 is 9.47 Å². The summed E-state index contributed by atoms with van der Waals surface area (Å²) in [7, 11) is 0. The van der Waals surface area contributed by atoms with E-state index in [2.05, 4.69) is 24.3 Å². The van der Waals surface area contributed by atoms with Gasteiger partial charge in [-0.1, -0.05) is 43.2 Å². The van der Waals surface area contributed by atoms with E-state index < -0.39 is 0 Å². The zero-order chi connectivity index (χ0) is 12.1. The van der Waals surface area contributed by atoms with E-state index in [-0.39, 0.29) is 11.2 Å². The molecule has 0 spiro atoms. The monoisotopic (exact) mass is 244 g/mol. The van der Waals surface area contributed by atoms with Crippen molar-refractivity contribution in [3.05, 3.63) is 35.9 Å². The molecule has 3 atom stereocenters. The summed E-state index contributed by atoms with van der Waals surface area (Å²) in [6.45, 7) is 0.729. The quantitative estimate of drug-likeness (QED) is 0.760. The number of epoxide rings is 1. The standard InChI is InChI=1S/C16H20O2/c1-2-6-13(7-3-1)12-17-14-8-11-15-9-4-5-10-16(14,15)18-15/h1-3,6-7,14H,4-5,8-12H2/t14-,15+,16-/m1/s1. The molecule has 4 rings (SSSR count). The fourth-order valence-electron chi connectivity index (χ4n) is 4.16. The molecule has 1 saturated heterocycles. The average Bonchev–Trinajstić information content (AvgIpc) is 3.01. The van der Waals surface area contributed by atoms with Crippen molar-refractivity contribution in [3.63, 3.8) is 0 Å². The van der Waals surface area contributed by atoms with Gasteiger partial charge in [-0.15, -0.1) is 0 Å². The van der Waals surface area contributed by atoms with Crippen LogP contribution in [0.4, 0.5) is 0 Å². The Kier molecular flexibility index (Phi) is 2.33. The first-order chi connectivity index (χ1) is 8.85. The van der Waals surface area contributed by atoms with Gasteiger partial charge in [0.25, 0.3) is 0 Å². The Morgan fingerprint density at radius 3 is 2.83 bits per heavy atom. The van der Waals surface area contributed by atoms with Gasteiger partial charge in [0, 0.05) is 0 Å². The molecule has 0 amide bonds. The molecule has 3 aliphatic rings. The number of ether oxygens (including phenoxy) is 2. The van der Waals surface area contributed by atoms with Gasteiger partial charge < -0.3 is 9.47 Å². The maximum atomic E-state index is 6.17. The van der Waals surface area contributed by atoms with Crippen LogP contribution >= 0.6 is 0 Å².